The van der Waals surface area contributed by atoms with E-state index in [0.29, 0.717) is 0 Å². The van der Waals surface area contributed by atoms with Gasteiger partial charge in [-0.05, 0) is 29.9 Å². The summed E-state index contributed by atoms with van der Waals surface area (Å²) >= 11 is 3.95. The number of hydrogen-bond acceptors (Lipinski definition) is 3. The average molecular weight is 146 g/mol. The first-order chi connectivity index (χ1) is 3.83. The molecule has 0 aromatic carbocycles. The minimum Gasteiger partial charge on any atom is -0.454 e. The van der Waals surface area contributed by atoms with Gasteiger partial charge in [0.2, 0.25) is 0 Å². The summed E-state index contributed by atoms with van der Waals surface area (Å²) in [6, 6.07) is 3.81. The maximum absolute atomic E-state index is 5.12. The summed E-state index contributed by atoms with van der Waals surface area (Å²) in [5, 5.41) is 0.853. The third-order valence-electron chi connectivity index (χ3n) is 0.806. The van der Waals surface area contributed by atoms with Gasteiger partial charge < -0.3 is 4.42 Å². The normalized spacial score (nSPS) is 9.75. The third kappa shape index (κ3) is 1.23. The molecular weight excluding hydrogens is 140 g/mol. The van der Waals surface area contributed by atoms with Gasteiger partial charge in [-0.2, -0.15) is 0 Å². The molecule has 1 heterocycles. The first kappa shape index (κ1) is 6.11. The fourth-order valence-corrected chi connectivity index (χ4v) is 1.05. The highest BCUT2D eigenvalue weighted by atomic mass is 33.1. The number of aryl methyl sites for hydroxylation is 1. The standard InChI is InChI=1S/C5H6OS2/c1-4-2-3-5(6-4)8-7/h2-3,7H,1H3. The predicted octanol–water partition coefficient (Wildman–Crippen LogP) is 2.52. The van der Waals surface area contributed by atoms with Crippen LogP contribution in [0.5, 0.6) is 0 Å². The van der Waals surface area contributed by atoms with E-state index in [-0.39, 0.29) is 0 Å². The van der Waals surface area contributed by atoms with Gasteiger partial charge in [0, 0.05) is 0 Å². The van der Waals surface area contributed by atoms with Gasteiger partial charge in [-0.25, -0.2) is 0 Å². The second-order valence-corrected chi connectivity index (χ2v) is 2.59. The summed E-state index contributed by atoms with van der Waals surface area (Å²) in [6.45, 7) is 1.91. The molecule has 0 bridgehead atoms. The van der Waals surface area contributed by atoms with Gasteiger partial charge in [-0.1, -0.05) is 0 Å². The fourth-order valence-electron chi connectivity index (χ4n) is 0.461. The van der Waals surface area contributed by atoms with Crippen LogP contribution in [0.2, 0.25) is 0 Å². The lowest BCUT2D eigenvalue weighted by Crippen LogP contribution is -1.51. The summed E-state index contributed by atoms with van der Waals surface area (Å²) in [6.07, 6.45) is 0. The molecule has 0 saturated heterocycles. The summed E-state index contributed by atoms with van der Waals surface area (Å²) < 4.78 is 5.12. The number of thiol groups is 1. The number of rotatable bonds is 1. The fraction of sp³-hybridized carbons (Fsp3) is 0.200. The lowest BCUT2D eigenvalue weighted by molar-refractivity contribution is 0.450. The molecule has 0 aliphatic rings. The van der Waals surface area contributed by atoms with E-state index in [1.165, 1.54) is 10.8 Å². The molecule has 1 rings (SSSR count). The Labute approximate surface area is 57.3 Å². The Morgan fingerprint density at radius 3 is 2.62 bits per heavy atom. The zero-order valence-corrected chi connectivity index (χ0v) is 6.13. The van der Waals surface area contributed by atoms with Gasteiger partial charge in [0.25, 0.3) is 0 Å². The Morgan fingerprint density at radius 1 is 1.62 bits per heavy atom. The van der Waals surface area contributed by atoms with Crippen molar-refractivity contribution >= 4 is 22.5 Å². The summed E-state index contributed by atoms with van der Waals surface area (Å²) in [5.41, 5.74) is 0. The lowest BCUT2D eigenvalue weighted by atomic mass is 10.5. The molecule has 0 amide bonds. The molecule has 1 nitrogen and oxygen atoms in total. The van der Waals surface area contributed by atoms with Gasteiger partial charge in [0.15, 0.2) is 5.09 Å². The Hall–Kier alpha value is -0.0200. The molecule has 1 aromatic heterocycles. The molecular formula is C5H6OS2. The Bertz CT molecular complexity index is 171. The van der Waals surface area contributed by atoms with E-state index in [1.54, 1.807) is 0 Å². The SMILES string of the molecule is Cc1ccc(SS)o1. The van der Waals surface area contributed by atoms with Gasteiger partial charge in [-0.3, -0.25) is 0 Å². The predicted molar refractivity (Wildman–Crippen MR) is 38.3 cm³/mol. The van der Waals surface area contributed by atoms with Crippen molar-refractivity contribution < 1.29 is 4.42 Å². The zero-order valence-electron chi connectivity index (χ0n) is 4.42. The maximum atomic E-state index is 5.12. The molecule has 3 heteroatoms. The Kier molecular flexibility index (Phi) is 1.91. The van der Waals surface area contributed by atoms with E-state index >= 15 is 0 Å². The molecule has 0 saturated carbocycles. The molecule has 8 heavy (non-hydrogen) atoms. The number of hydrogen-bond donors (Lipinski definition) is 1. The van der Waals surface area contributed by atoms with Crippen molar-refractivity contribution in [2.75, 3.05) is 0 Å². The number of furan rings is 1. The van der Waals surface area contributed by atoms with Crippen molar-refractivity contribution in [1.29, 1.82) is 0 Å². The van der Waals surface area contributed by atoms with Crippen molar-refractivity contribution in [3.8, 4) is 0 Å². The quantitative estimate of drug-likeness (QED) is 0.483. The van der Waals surface area contributed by atoms with E-state index in [0.717, 1.165) is 10.9 Å². The minimum absolute atomic E-state index is 0.853. The van der Waals surface area contributed by atoms with Crippen molar-refractivity contribution in [3.63, 3.8) is 0 Å². The Morgan fingerprint density at radius 2 is 2.38 bits per heavy atom. The smallest absolute Gasteiger partial charge is 0.170 e. The summed E-state index contributed by atoms with van der Waals surface area (Å²) in [4.78, 5) is 0. The molecule has 0 atom stereocenters. The van der Waals surface area contributed by atoms with E-state index in [2.05, 4.69) is 11.7 Å². The second-order valence-electron chi connectivity index (χ2n) is 1.46. The summed E-state index contributed by atoms with van der Waals surface area (Å²) in [7, 11) is 1.32. The van der Waals surface area contributed by atoms with E-state index in [9.17, 15) is 0 Å². The van der Waals surface area contributed by atoms with Gasteiger partial charge in [0.1, 0.15) is 5.76 Å². The van der Waals surface area contributed by atoms with E-state index < -0.39 is 0 Å². The van der Waals surface area contributed by atoms with Crippen LogP contribution < -0.4 is 0 Å². The highest BCUT2D eigenvalue weighted by Gasteiger charge is 1.92. The highest BCUT2D eigenvalue weighted by molar-refractivity contribution is 8.68. The Balaban J connectivity index is 2.84. The van der Waals surface area contributed by atoms with Crippen LogP contribution in [0.25, 0.3) is 0 Å². The molecule has 0 fully saturated rings. The molecule has 0 radical (unpaired) electrons. The maximum Gasteiger partial charge on any atom is 0.170 e. The molecule has 1 aromatic rings. The first-order valence-electron chi connectivity index (χ1n) is 2.21. The summed E-state index contributed by atoms with van der Waals surface area (Å²) in [5.74, 6) is 0.932. The van der Waals surface area contributed by atoms with Crippen molar-refractivity contribution in [1.82, 2.24) is 0 Å². The molecule has 0 unspecified atom stereocenters. The van der Waals surface area contributed by atoms with Gasteiger partial charge >= 0.3 is 0 Å². The topological polar surface area (TPSA) is 13.1 Å². The minimum atomic E-state index is 0.853. The average Bonchev–Trinajstić information content (AvgIpc) is 2.14. The largest absolute Gasteiger partial charge is 0.454 e. The molecule has 44 valence electrons. The van der Waals surface area contributed by atoms with Crippen LogP contribution in [0, 0.1) is 6.92 Å². The molecule has 0 aliphatic carbocycles. The zero-order chi connectivity index (χ0) is 5.98. The van der Waals surface area contributed by atoms with Crippen LogP contribution in [0.3, 0.4) is 0 Å². The highest BCUT2D eigenvalue weighted by Crippen LogP contribution is 2.22. The first-order valence-corrected chi connectivity index (χ1v) is 4.07. The van der Waals surface area contributed by atoms with Crippen LogP contribution in [-0.4, -0.2) is 0 Å². The third-order valence-corrected chi connectivity index (χ3v) is 1.74. The molecule has 0 N–H and O–H groups in total. The second kappa shape index (κ2) is 2.51. The van der Waals surface area contributed by atoms with Crippen LogP contribution in [0.4, 0.5) is 0 Å². The lowest BCUT2D eigenvalue weighted by Gasteiger charge is -1.81. The van der Waals surface area contributed by atoms with Crippen molar-refractivity contribution in [2.24, 2.45) is 0 Å². The van der Waals surface area contributed by atoms with E-state index in [1.807, 2.05) is 19.1 Å². The van der Waals surface area contributed by atoms with Crippen molar-refractivity contribution in [3.05, 3.63) is 17.9 Å². The van der Waals surface area contributed by atoms with Gasteiger partial charge in [-0.15, -0.1) is 11.7 Å². The van der Waals surface area contributed by atoms with Crippen LogP contribution in [0.15, 0.2) is 21.6 Å². The van der Waals surface area contributed by atoms with Crippen LogP contribution in [-0.2, 0) is 0 Å². The molecule has 0 aliphatic heterocycles. The van der Waals surface area contributed by atoms with E-state index in [4.69, 9.17) is 4.42 Å². The van der Waals surface area contributed by atoms with Gasteiger partial charge in [0.05, 0.1) is 0 Å². The van der Waals surface area contributed by atoms with Crippen LogP contribution in [0.1, 0.15) is 5.76 Å². The monoisotopic (exact) mass is 146 g/mol. The van der Waals surface area contributed by atoms with Crippen LogP contribution >= 0.6 is 22.5 Å². The molecule has 0 spiro atoms. The van der Waals surface area contributed by atoms with Crippen molar-refractivity contribution in [2.45, 2.75) is 12.0 Å².